The van der Waals surface area contributed by atoms with Crippen molar-refractivity contribution >= 4 is 17.7 Å². The Kier molecular flexibility index (Phi) is 7.26. The summed E-state index contributed by atoms with van der Waals surface area (Å²) < 4.78 is 0. The van der Waals surface area contributed by atoms with Gasteiger partial charge in [0.25, 0.3) is 0 Å². The lowest BCUT2D eigenvalue weighted by Crippen LogP contribution is -2.42. The lowest BCUT2D eigenvalue weighted by Gasteiger charge is -2.24. The molecule has 0 saturated carbocycles. The Morgan fingerprint density at radius 1 is 1.33 bits per heavy atom. The van der Waals surface area contributed by atoms with Crippen LogP contribution in [-0.2, 0) is 4.79 Å². The van der Waals surface area contributed by atoms with Gasteiger partial charge >= 0.3 is 0 Å². The van der Waals surface area contributed by atoms with Crippen LogP contribution in [0.2, 0.25) is 0 Å². The Bertz CT molecular complexity index is 432. The maximum atomic E-state index is 12.2. The normalized spacial score (nSPS) is 15.5. The van der Waals surface area contributed by atoms with Gasteiger partial charge in [-0.2, -0.15) is 11.8 Å². The molecule has 0 saturated heterocycles. The van der Waals surface area contributed by atoms with E-state index in [0.717, 1.165) is 0 Å². The maximum absolute atomic E-state index is 12.2. The Morgan fingerprint density at radius 2 is 1.95 bits per heavy atom. The molecule has 0 bridgehead atoms. The molecule has 2 atom stereocenters. The fourth-order valence-electron chi connectivity index (χ4n) is 2.36. The third-order valence-corrected chi connectivity index (χ3v) is 4.47. The van der Waals surface area contributed by atoms with Gasteiger partial charge in [0, 0.05) is 18.7 Å². The first kappa shape index (κ1) is 18.1. The number of aliphatic hydroxyl groups is 1. The van der Waals surface area contributed by atoms with Crippen molar-refractivity contribution in [3.8, 4) is 0 Å². The number of amides is 1. The Balaban J connectivity index is 2.58. The molecule has 1 rings (SSSR count). The van der Waals surface area contributed by atoms with Crippen LogP contribution in [-0.4, -0.2) is 35.2 Å². The van der Waals surface area contributed by atoms with Crippen LogP contribution in [0.5, 0.6) is 0 Å². The topological polar surface area (TPSA) is 49.3 Å². The third kappa shape index (κ3) is 6.53. The maximum Gasteiger partial charge on any atom is 0.220 e. The first-order chi connectivity index (χ1) is 9.85. The lowest BCUT2D eigenvalue weighted by atomic mass is 9.85. The first-order valence-electron chi connectivity index (χ1n) is 7.38. The number of thioether (sulfide) groups is 1. The van der Waals surface area contributed by atoms with E-state index in [9.17, 15) is 9.90 Å². The van der Waals surface area contributed by atoms with Gasteiger partial charge in [-0.3, -0.25) is 4.79 Å². The monoisotopic (exact) mass is 309 g/mol. The van der Waals surface area contributed by atoms with E-state index in [1.165, 1.54) is 5.56 Å². The standard InChI is InChI=1S/C17H27NO2S/c1-13(2)15(14-8-6-5-7-9-14)10-16(19)18-11-17(3,20)12-21-4/h5-9,13,15,20H,10-12H2,1-4H3,(H,18,19). The SMILES string of the molecule is CSCC(C)(O)CNC(=O)CC(c1ccccc1)C(C)C. The van der Waals surface area contributed by atoms with Crippen LogP contribution in [0.3, 0.4) is 0 Å². The number of hydrogen-bond acceptors (Lipinski definition) is 3. The van der Waals surface area contributed by atoms with Gasteiger partial charge in [-0.05, 0) is 30.6 Å². The van der Waals surface area contributed by atoms with Crippen LogP contribution in [0.25, 0.3) is 0 Å². The van der Waals surface area contributed by atoms with Crippen molar-refractivity contribution in [2.24, 2.45) is 5.92 Å². The minimum atomic E-state index is -0.852. The van der Waals surface area contributed by atoms with Crippen LogP contribution in [0.1, 0.15) is 38.7 Å². The molecule has 0 heterocycles. The van der Waals surface area contributed by atoms with E-state index in [2.05, 4.69) is 31.3 Å². The summed E-state index contributed by atoms with van der Waals surface area (Å²) in [4.78, 5) is 12.2. The average Bonchev–Trinajstić information content (AvgIpc) is 2.43. The van der Waals surface area contributed by atoms with Crippen molar-refractivity contribution in [3.05, 3.63) is 35.9 Å². The second-order valence-electron chi connectivity index (χ2n) is 6.17. The molecule has 0 aliphatic carbocycles. The average molecular weight is 309 g/mol. The lowest BCUT2D eigenvalue weighted by molar-refractivity contribution is -0.122. The fraction of sp³-hybridized carbons (Fsp3) is 0.588. The zero-order chi connectivity index (χ0) is 15.9. The highest BCUT2D eigenvalue weighted by Gasteiger charge is 2.23. The van der Waals surface area contributed by atoms with E-state index >= 15 is 0 Å². The zero-order valence-corrected chi connectivity index (χ0v) is 14.2. The summed E-state index contributed by atoms with van der Waals surface area (Å²) in [5, 5.41) is 12.9. The molecule has 0 aromatic heterocycles. The van der Waals surface area contributed by atoms with Gasteiger partial charge in [0.2, 0.25) is 5.91 Å². The third-order valence-electron chi connectivity index (χ3n) is 3.56. The van der Waals surface area contributed by atoms with Crippen LogP contribution in [0.15, 0.2) is 30.3 Å². The summed E-state index contributed by atoms with van der Waals surface area (Å²) in [5.41, 5.74) is 0.341. The van der Waals surface area contributed by atoms with E-state index in [1.807, 2.05) is 24.5 Å². The molecule has 0 spiro atoms. The van der Waals surface area contributed by atoms with E-state index in [-0.39, 0.29) is 11.8 Å². The zero-order valence-electron chi connectivity index (χ0n) is 13.4. The van der Waals surface area contributed by atoms with Crippen molar-refractivity contribution in [1.82, 2.24) is 5.32 Å². The molecule has 0 radical (unpaired) electrons. The van der Waals surface area contributed by atoms with Gasteiger partial charge in [0.1, 0.15) is 0 Å². The molecule has 118 valence electrons. The van der Waals surface area contributed by atoms with Crippen molar-refractivity contribution in [3.63, 3.8) is 0 Å². The highest BCUT2D eigenvalue weighted by Crippen LogP contribution is 2.27. The first-order valence-corrected chi connectivity index (χ1v) is 8.78. The van der Waals surface area contributed by atoms with Crippen LogP contribution in [0, 0.1) is 5.92 Å². The predicted molar refractivity (Wildman–Crippen MR) is 90.7 cm³/mol. The highest BCUT2D eigenvalue weighted by molar-refractivity contribution is 7.98. The van der Waals surface area contributed by atoms with Crippen molar-refractivity contribution in [2.75, 3.05) is 18.6 Å². The number of benzene rings is 1. The van der Waals surface area contributed by atoms with Crippen LogP contribution in [0.4, 0.5) is 0 Å². The van der Waals surface area contributed by atoms with Crippen LogP contribution >= 0.6 is 11.8 Å². The van der Waals surface area contributed by atoms with Gasteiger partial charge < -0.3 is 10.4 Å². The van der Waals surface area contributed by atoms with E-state index in [0.29, 0.717) is 24.6 Å². The van der Waals surface area contributed by atoms with Gasteiger partial charge in [-0.25, -0.2) is 0 Å². The summed E-state index contributed by atoms with van der Waals surface area (Å²) in [6.45, 7) is 6.32. The quantitative estimate of drug-likeness (QED) is 0.776. The summed E-state index contributed by atoms with van der Waals surface area (Å²) in [7, 11) is 0. The van der Waals surface area contributed by atoms with Gasteiger partial charge in [-0.1, -0.05) is 44.2 Å². The van der Waals surface area contributed by atoms with E-state index < -0.39 is 5.60 Å². The van der Waals surface area contributed by atoms with Gasteiger partial charge in [0.05, 0.1) is 5.60 Å². The molecular formula is C17H27NO2S. The number of rotatable bonds is 8. The molecule has 1 amide bonds. The summed E-state index contributed by atoms with van der Waals surface area (Å²) in [6, 6.07) is 10.1. The van der Waals surface area contributed by atoms with Crippen LogP contribution < -0.4 is 5.32 Å². The number of nitrogens with one attached hydrogen (secondary N) is 1. The molecule has 0 fully saturated rings. The van der Waals surface area contributed by atoms with Crippen molar-refractivity contribution in [1.29, 1.82) is 0 Å². The molecule has 0 aliphatic rings. The molecule has 2 unspecified atom stereocenters. The minimum Gasteiger partial charge on any atom is -0.387 e. The largest absolute Gasteiger partial charge is 0.387 e. The Labute approximate surface area is 132 Å². The van der Waals surface area contributed by atoms with Gasteiger partial charge in [-0.15, -0.1) is 0 Å². The molecule has 1 aromatic carbocycles. The fourth-order valence-corrected chi connectivity index (χ4v) is 3.09. The molecule has 4 heteroatoms. The van der Waals surface area contributed by atoms with E-state index in [4.69, 9.17) is 0 Å². The van der Waals surface area contributed by atoms with Crippen molar-refractivity contribution < 1.29 is 9.90 Å². The molecular weight excluding hydrogens is 282 g/mol. The second kappa shape index (κ2) is 8.44. The number of hydrogen-bond donors (Lipinski definition) is 2. The van der Waals surface area contributed by atoms with Gasteiger partial charge in [0.15, 0.2) is 0 Å². The molecule has 1 aromatic rings. The number of carbonyl (C=O) groups is 1. The molecule has 21 heavy (non-hydrogen) atoms. The summed E-state index contributed by atoms with van der Waals surface area (Å²) >= 11 is 1.57. The Hall–Kier alpha value is -1.00. The minimum absolute atomic E-state index is 0.000990. The second-order valence-corrected chi connectivity index (χ2v) is 7.04. The van der Waals surface area contributed by atoms with Crippen molar-refractivity contribution in [2.45, 2.75) is 38.7 Å². The molecule has 0 aliphatic heterocycles. The highest BCUT2D eigenvalue weighted by atomic mass is 32.2. The summed E-state index contributed by atoms with van der Waals surface area (Å²) in [6.07, 6.45) is 2.40. The molecule has 3 nitrogen and oxygen atoms in total. The predicted octanol–water partition coefficient (Wildman–Crippen LogP) is 3.05. The Morgan fingerprint density at radius 3 is 2.48 bits per heavy atom. The summed E-state index contributed by atoms with van der Waals surface area (Å²) in [5.74, 6) is 1.21. The van der Waals surface area contributed by atoms with E-state index in [1.54, 1.807) is 18.7 Å². The molecule has 2 N–H and O–H groups in total. The number of carbonyl (C=O) groups excluding carboxylic acids is 1. The smallest absolute Gasteiger partial charge is 0.220 e.